The van der Waals surface area contributed by atoms with E-state index in [0.29, 0.717) is 12.5 Å². The molecule has 1 N–H and O–H groups in total. The number of hydrogen-bond acceptors (Lipinski definition) is 1. The molecule has 1 aromatic rings. The van der Waals surface area contributed by atoms with Crippen LogP contribution in [0.2, 0.25) is 0 Å². The number of hydrogen-bond donors (Lipinski definition) is 1. The van der Waals surface area contributed by atoms with Gasteiger partial charge in [-0.2, -0.15) is 26.3 Å². The van der Waals surface area contributed by atoms with E-state index >= 15 is 0 Å². The highest BCUT2D eigenvalue weighted by molar-refractivity contribution is 5.84. The van der Waals surface area contributed by atoms with Gasteiger partial charge in [0.05, 0.1) is 0 Å². The predicted octanol–water partition coefficient (Wildman–Crippen LogP) is 3.82. The van der Waals surface area contributed by atoms with Gasteiger partial charge in [0.15, 0.2) is 0 Å². The van der Waals surface area contributed by atoms with E-state index in [0.717, 1.165) is 0 Å². The van der Waals surface area contributed by atoms with Gasteiger partial charge < -0.3 is 5.32 Å². The van der Waals surface area contributed by atoms with Crippen LogP contribution in [0.25, 0.3) is 0 Å². The predicted molar refractivity (Wildman–Crippen MR) is 63.1 cm³/mol. The van der Waals surface area contributed by atoms with Gasteiger partial charge in [-0.3, -0.25) is 4.79 Å². The first kappa shape index (κ1) is 17.3. The fraction of sp³-hybridized carbons (Fsp3) is 0.462. The quantitative estimate of drug-likeness (QED) is 0.841. The molecular formula is C13H13F6NO. The molecule has 0 aliphatic carbocycles. The summed E-state index contributed by atoms with van der Waals surface area (Å²) in [6, 6.07) is 7.71. The summed E-state index contributed by atoms with van der Waals surface area (Å²) in [5.41, 5.74) is -3.99. The summed E-state index contributed by atoms with van der Waals surface area (Å²) in [6.45, 7) is 0.274. The Morgan fingerprint density at radius 2 is 1.48 bits per heavy atom. The average Bonchev–Trinajstić information content (AvgIpc) is 2.35. The molecule has 0 atom stereocenters. The van der Waals surface area contributed by atoms with E-state index in [-0.39, 0.29) is 0 Å². The zero-order chi connectivity index (χ0) is 16.3. The van der Waals surface area contributed by atoms with E-state index in [1.54, 1.807) is 23.5 Å². The lowest BCUT2D eigenvalue weighted by Crippen LogP contribution is -2.59. The molecule has 1 rings (SSSR count). The summed E-state index contributed by atoms with van der Waals surface area (Å²) in [7, 11) is 0. The third-order valence-electron chi connectivity index (χ3n) is 3.18. The van der Waals surface area contributed by atoms with Crippen molar-refractivity contribution in [1.82, 2.24) is 5.32 Å². The van der Waals surface area contributed by atoms with Crippen LogP contribution in [0.4, 0.5) is 26.3 Å². The van der Waals surface area contributed by atoms with Crippen LogP contribution in [-0.2, 0) is 11.3 Å². The van der Waals surface area contributed by atoms with Crippen LogP contribution in [0, 0.1) is 5.41 Å². The Balaban J connectivity index is 3.02. The van der Waals surface area contributed by atoms with Crippen LogP contribution < -0.4 is 5.32 Å². The number of carbonyl (C=O) groups is 1. The van der Waals surface area contributed by atoms with E-state index in [4.69, 9.17) is 0 Å². The molecule has 0 spiro atoms. The van der Waals surface area contributed by atoms with Gasteiger partial charge >= 0.3 is 12.4 Å². The van der Waals surface area contributed by atoms with Crippen LogP contribution >= 0.6 is 0 Å². The second-order valence-electron chi connectivity index (χ2n) is 4.42. The summed E-state index contributed by atoms with van der Waals surface area (Å²) >= 11 is 0. The molecule has 1 amide bonds. The first-order chi connectivity index (χ1) is 9.56. The number of carbonyl (C=O) groups excluding carboxylic acids is 1. The maximum Gasteiger partial charge on any atom is 0.412 e. The Bertz CT molecular complexity index is 466. The topological polar surface area (TPSA) is 29.1 Å². The molecule has 0 aliphatic rings. The molecule has 2 nitrogen and oxygen atoms in total. The monoisotopic (exact) mass is 313 g/mol. The van der Waals surface area contributed by atoms with Crippen LogP contribution in [0.15, 0.2) is 30.3 Å². The number of halogens is 6. The second-order valence-corrected chi connectivity index (χ2v) is 4.42. The van der Waals surface area contributed by atoms with Gasteiger partial charge in [0.2, 0.25) is 11.3 Å². The fourth-order valence-corrected chi connectivity index (χ4v) is 1.91. The lowest BCUT2D eigenvalue weighted by atomic mass is 9.82. The summed E-state index contributed by atoms with van der Waals surface area (Å²) in [4.78, 5) is 11.6. The maximum atomic E-state index is 12.9. The van der Waals surface area contributed by atoms with E-state index < -0.39 is 36.6 Å². The van der Waals surface area contributed by atoms with Crippen molar-refractivity contribution in [3.05, 3.63) is 35.9 Å². The third-order valence-corrected chi connectivity index (χ3v) is 3.18. The van der Waals surface area contributed by atoms with E-state index in [1.807, 2.05) is 0 Å². The molecule has 21 heavy (non-hydrogen) atoms. The summed E-state index contributed by atoms with van der Waals surface area (Å²) in [6.07, 6.45) is -12.9. The molecule has 0 unspecified atom stereocenters. The van der Waals surface area contributed by atoms with Crippen molar-refractivity contribution in [3.63, 3.8) is 0 Å². The normalized spacial score (nSPS) is 13.1. The highest BCUT2D eigenvalue weighted by Crippen LogP contribution is 2.52. The molecule has 118 valence electrons. The van der Waals surface area contributed by atoms with Crippen LogP contribution in [0.5, 0.6) is 0 Å². The Morgan fingerprint density at radius 1 is 1.00 bits per heavy atom. The molecule has 0 fully saturated rings. The molecule has 0 saturated carbocycles. The van der Waals surface area contributed by atoms with Crippen LogP contribution in [0.3, 0.4) is 0 Å². The number of rotatable bonds is 4. The van der Waals surface area contributed by atoms with Crippen molar-refractivity contribution in [2.24, 2.45) is 5.41 Å². The lowest BCUT2D eigenvalue weighted by molar-refractivity contribution is -0.326. The zero-order valence-electron chi connectivity index (χ0n) is 11.0. The Morgan fingerprint density at radius 3 is 1.86 bits per heavy atom. The largest absolute Gasteiger partial charge is 0.412 e. The minimum atomic E-state index is -5.72. The van der Waals surface area contributed by atoms with Gasteiger partial charge in [-0.15, -0.1) is 0 Å². The fourth-order valence-electron chi connectivity index (χ4n) is 1.91. The molecular weight excluding hydrogens is 300 g/mol. The minimum Gasteiger partial charge on any atom is -0.351 e. The minimum absolute atomic E-state index is 0.403. The SMILES string of the molecule is CCC(C(=O)NCc1ccccc1)(C(F)(F)F)C(F)(F)F. The van der Waals surface area contributed by atoms with Gasteiger partial charge in [-0.05, 0) is 12.0 Å². The van der Waals surface area contributed by atoms with E-state index in [9.17, 15) is 31.1 Å². The zero-order valence-corrected chi connectivity index (χ0v) is 11.0. The van der Waals surface area contributed by atoms with E-state index in [2.05, 4.69) is 0 Å². The molecule has 0 aromatic heterocycles. The Labute approximate surface area is 117 Å². The van der Waals surface area contributed by atoms with Crippen molar-refractivity contribution in [1.29, 1.82) is 0 Å². The molecule has 0 heterocycles. The number of amides is 1. The van der Waals surface area contributed by atoms with Crippen molar-refractivity contribution in [2.45, 2.75) is 32.2 Å². The Kier molecular flexibility index (Phi) is 4.91. The smallest absolute Gasteiger partial charge is 0.351 e. The highest BCUT2D eigenvalue weighted by Gasteiger charge is 2.74. The standard InChI is InChI=1S/C13H13F6NO/c1-2-11(12(14,15)16,13(17,18)19)10(21)20-8-9-6-4-3-5-7-9/h3-7H,2,8H2,1H3,(H,20,21). The van der Waals surface area contributed by atoms with Crippen LogP contribution in [0.1, 0.15) is 18.9 Å². The van der Waals surface area contributed by atoms with Gasteiger partial charge in [-0.25, -0.2) is 0 Å². The van der Waals surface area contributed by atoms with Crippen LogP contribution in [-0.4, -0.2) is 18.3 Å². The third kappa shape index (κ3) is 3.30. The average molecular weight is 313 g/mol. The molecule has 0 aliphatic heterocycles. The molecule has 8 heteroatoms. The molecule has 0 bridgehead atoms. The van der Waals surface area contributed by atoms with Gasteiger partial charge in [0, 0.05) is 6.54 Å². The van der Waals surface area contributed by atoms with Gasteiger partial charge in [-0.1, -0.05) is 37.3 Å². The number of benzene rings is 1. The van der Waals surface area contributed by atoms with Crippen molar-refractivity contribution in [3.8, 4) is 0 Å². The highest BCUT2D eigenvalue weighted by atomic mass is 19.4. The molecule has 0 radical (unpaired) electrons. The molecule has 0 saturated heterocycles. The number of alkyl halides is 6. The van der Waals surface area contributed by atoms with Crippen molar-refractivity contribution >= 4 is 5.91 Å². The van der Waals surface area contributed by atoms with Crippen molar-refractivity contribution < 1.29 is 31.1 Å². The first-order valence-corrected chi connectivity index (χ1v) is 6.02. The summed E-state index contributed by atoms with van der Waals surface area (Å²) < 4.78 is 77.2. The molecule has 1 aromatic carbocycles. The van der Waals surface area contributed by atoms with Gasteiger partial charge in [0.1, 0.15) is 0 Å². The van der Waals surface area contributed by atoms with E-state index in [1.165, 1.54) is 12.1 Å². The number of nitrogens with one attached hydrogen (secondary N) is 1. The lowest BCUT2D eigenvalue weighted by Gasteiger charge is -2.34. The summed E-state index contributed by atoms with van der Waals surface area (Å²) in [5, 5.41) is 1.72. The summed E-state index contributed by atoms with van der Waals surface area (Å²) in [5.74, 6) is -2.09. The van der Waals surface area contributed by atoms with Gasteiger partial charge in [0.25, 0.3) is 0 Å². The Hall–Kier alpha value is -1.73. The second kappa shape index (κ2) is 5.95. The first-order valence-electron chi connectivity index (χ1n) is 6.02. The maximum absolute atomic E-state index is 12.9. The van der Waals surface area contributed by atoms with Crippen molar-refractivity contribution in [2.75, 3.05) is 0 Å².